The molecule has 4 rings (SSSR count). The number of rotatable bonds is 7. The highest BCUT2D eigenvalue weighted by atomic mass is 16.5. The van der Waals surface area contributed by atoms with Gasteiger partial charge in [0.05, 0.1) is 6.54 Å². The van der Waals surface area contributed by atoms with E-state index in [-0.39, 0.29) is 31.4 Å². The predicted octanol–water partition coefficient (Wildman–Crippen LogP) is 1.23. The molecule has 11 heteroatoms. The monoisotopic (exact) mass is 493 g/mol. The average molecular weight is 494 g/mol. The van der Waals surface area contributed by atoms with Crippen molar-refractivity contribution in [3.8, 4) is 0 Å². The third-order valence-corrected chi connectivity index (χ3v) is 6.16. The molecule has 1 aliphatic rings. The second kappa shape index (κ2) is 10.8. The second-order valence-corrected chi connectivity index (χ2v) is 9.09. The van der Waals surface area contributed by atoms with E-state index in [1.54, 1.807) is 9.42 Å². The summed E-state index contributed by atoms with van der Waals surface area (Å²) in [5.41, 5.74) is 4.56. The summed E-state index contributed by atoms with van der Waals surface area (Å²) < 4.78 is 6.75. The number of benzene rings is 1. The van der Waals surface area contributed by atoms with E-state index in [1.165, 1.54) is 0 Å². The Morgan fingerprint density at radius 1 is 1.00 bits per heavy atom. The van der Waals surface area contributed by atoms with E-state index in [0.717, 1.165) is 28.2 Å². The van der Waals surface area contributed by atoms with Crippen LogP contribution in [0.4, 0.5) is 5.69 Å². The van der Waals surface area contributed by atoms with Gasteiger partial charge in [0.25, 0.3) is 11.7 Å². The third kappa shape index (κ3) is 6.03. The van der Waals surface area contributed by atoms with Gasteiger partial charge >= 0.3 is 5.97 Å². The van der Waals surface area contributed by atoms with E-state index in [9.17, 15) is 14.4 Å². The van der Waals surface area contributed by atoms with Gasteiger partial charge in [0, 0.05) is 43.3 Å². The van der Waals surface area contributed by atoms with Crippen LogP contribution in [-0.2, 0) is 25.5 Å². The molecule has 1 aromatic carbocycles. The van der Waals surface area contributed by atoms with Crippen molar-refractivity contribution in [3.63, 3.8) is 0 Å². The van der Waals surface area contributed by atoms with Gasteiger partial charge in [0.15, 0.2) is 12.4 Å². The molecule has 1 aliphatic heterocycles. The van der Waals surface area contributed by atoms with Crippen molar-refractivity contribution in [2.45, 2.75) is 34.1 Å². The maximum Gasteiger partial charge on any atom is 0.314 e. The fraction of sp³-hybridized carbons (Fsp3) is 0.440. The van der Waals surface area contributed by atoms with E-state index >= 15 is 0 Å². The number of amides is 2. The molecule has 190 valence electrons. The van der Waals surface area contributed by atoms with Gasteiger partial charge in [-0.15, -0.1) is 5.10 Å². The number of aryl methyl sites for hydroxylation is 4. The number of nitrogens with zero attached hydrogens (tertiary/aromatic N) is 6. The highest BCUT2D eigenvalue weighted by molar-refractivity contribution is 5.93. The standard InChI is InChI=1S/C25H31N7O4/c1-16-6-5-7-17(2)24(16)28-21(33)14-30-8-10-31(11-9-30)22(34)15-36-23(35)13-20-27-25-26-18(3)12-19(4)32(25)29-20/h5-7,12H,8-11,13-15H2,1-4H3,(H,28,33). The van der Waals surface area contributed by atoms with Crippen LogP contribution in [0.2, 0.25) is 0 Å². The van der Waals surface area contributed by atoms with Gasteiger partial charge in [0.1, 0.15) is 6.42 Å². The Bertz CT molecular complexity index is 1270. The first-order valence-electron chi connectivity index (χ1n) is 11.9. The van der Waals surface area contributed by atoms with Gasteiger partial charge in [-0.05, 0) is 44.9 Å². The molecular weight excluding hydrogens is 462 g/mol. The van der Waals surface area contributed by atoms with Crippen LogP contribution in [-0.4, -0.2) is 86.5 Å². The largest absolute Gasteiger partial charge is 0.455 e. The molecule has 0 atom stereocenters. The van der Waals surface area contributed by atoms with Crippen LogP contribution in [0.1, 0.15) is 28.3 Å². The quantitative estimate of drug-likeness (QED) is 0.488. The minimum Gasteiger partial charge on any atom is -0.455 e. The van der Waals surface area contributed by atoms with Gasteiger partial charge in [-0.25, -0.2) is 9.50 Å². The highest BCUT2D eigenvalue weighted by Gasteiger charge is 2.24. The molecule has 36 heavy (non-hydrogen) atoms. The van der Waals surface area contributed by atoms with E-state index in [0.29, 0.717) is 37.8 Å². The van der Waals surface area contributed by atoms with Crippen molar-refractivity contribution in [2.75, 3.05) is 44.6 Å². The summed E-state index contributed by atoms with van der Waals surface area (Å²) >= 11 is 0. The number of aromatic nitrogens is 4. The molecule has 0 aliphatic carbocycles. The topological polar surface area (TPSA) is 122 Å². The Kier molecular flexibility index (Phi) is 7.58. The zero-order valence-electron chi connectivity index (χ0n) is 21.1. The molecule has 0 saturated carbocycles. The summed E-state index contributed by atoms with van der Waals surface area (Å²) in [5.74, 6) is -0.204. The minimum absolute atomic E-state index is 0.0813. The molecule has 0 unspecified atom stereocenters. The second-order valence-electron chi connectivity index (χ2n) is 9.09. The first kappa shape index (κ1) is 25.2. The van der Waals surface area contributed by atoms with Gasteiger partial charge in [0.2, 0.25) is 5.91 Å². The number of carbonyl (C=O) groups is 3. The van der Waals surface area contributed by atoms with E-state index in [4.69, 9.17) is 4.74 Å². The fourth-order valence-corrected chi connectivity index (χ4v) is 4.25. The van der Waals surface area contributed by atoms with Crippen molar-refractivity contribution in [3.05, 3.63) is 52.6 Å². The van der Waals surface area contributed by atoms with Crippen LogP contribution in [0.3, 0.4) is 0 Å². The lowest BCUT2D eigenvalue weighted by molar-refractivity contribution is -0.152. The Morgan fingerprint density at radius 2 is 1.69 bits per heavy atom. The smallest absolute Gasteiger partial charge is 0.314 e. The first-order valence-corrected chi connectivity index (χ1v) is 11.9. The number of hydrogen-bond donors (Lipinski definition) is 1. The van der Waals surface area contributed by atoms with Gasteiger partial charge in [-0.1, -0.05) is 18.2 Å². The Hall–Kier alpha value is -3.86. The van der Waals surface area contributed by atoms with Crippen LogP contribution in [0.5, 0.6) is 0 Å². The number of ether oxygens (including phenoxy) is 1. The van der Waals surface area contributed by atoms with Crippen molar-refractivity contribution >= 4 is 29.2 Å². The fourth-order valence-electron chi connectivity index (χ4n) is 4.25. The van der Waals surface area contributed by atoms with Crippen molar-refractivity contribution in [1.29, 1.82) is 0 Å². The number of esters is 1. The number of anilines is 1. The molecule has 1 N–H and O–H groups in total. The SMILES string of the molecule is Cc1cc(C)n2nc(CC(=O)OCC(=O)N3CCN(CC(=O)Nc4c(C)cccc4C)CC3)nc2n1. The number of fused-ring (bicyclic) bond motifs is 1. The lowest BCUT2D eigenvalue weighted by atomic mass is 10.1. The summed E-state index contributed by atoms with van der Waals surface area (Å²) in [4.78, 5) is 49.5. The Labute approximate surface area is 209 Å². The maximum atomic E-state index is 12.5. The average Bonchev–Trinajstić information content (AvgIpc) is 3.23. The lowest BCUT2D eigenvalue weighted by Gasteiger charge is -2.34. The molecule has 2 aromatic heterocycles. The first-order chi connectivity index (χ1) is 17.2. The number of para-hydroxylation sites is 1. The van der Waals surface area contributed by atoms with Gasteiger partial charge in [-0.2, -0.15) is 4.98 Å². The molecule has 0 spiro atoms. The third-order valence-electron chi connectivity index (χ3n) is 6.16. The Balaban J connectivity index is 1.20. The minimum atomic E-state index is -0.574. The normalized spacial score (nSPS) is 14.2. The summed E-state index contributed by atoms with van der Waals surface area (Å²) in [6.07, 6.45) is -0.140. The van der Waals surface area contributed by atoms with Crippen LogP contribution < -0.4 is 5.32 Å². The number of hydrogen-bond acceptors (Lipinski definition) is 8. The van der Waals surface area contributed by atoms with E-state index in [1.807, 2.05) is 56.9 Å². The summed E-state index contributed by atoms with van der Waals surface area (Å²) in [6, 6.07) is 7.77. The maximum absolute atomic E-state index is 12.5. The molecule has 2 amide bonds. The van der Waals surface area contributed by atoms with Crippen LogP contribution in [0.15, 0.2) is 24.3 Å². The van der Waals surface area contributed by atoms with Gasteiger partial charge in [-0.3, -0.25) is 19.3 Å². The molecule has 0 radical (unpaired) electrons. The van der Waals surface area contributed by atoms with Crippen molar-refractivity contribution < 1.29 is 19.1 Å². The van der Waals surface area contributed by atoms with Crippen molar-refractivity contribution in [2.24, 2.45) is 0 Å². The molecule has 3 aromatic rings. The number of carbonyl (C=O) groups excluding carboxylic acids is 3. The van der Waals surface area contributed by atoms with Crippen molar-refractivity contribution in [1.82, 2.24) is 29.4 Å². The van der Waals surface area contributed by atoms with Crippen LogP contribution in [0.25, 0.3) is 5.78 Å². The molecule has 1 saturated heterocycles. The number of nitrogens with one attached hydrogen (secondary N) is 1. The molecule has 3 heterocycles. The summed E-state index contributed by atoms with van der Waals surface area (Å²) in [7, 11) is 0. The Morgan fingerprint density at radius 3 is 2.39 bits per heavy atom. The highest BCUT2D eigenvalue weighted by Crippen LogP contribution is 2.19. The zero-order chi connectivity index (χ0) is 25.8. The van der Waals surface area contributed by atoms with E-state index in [2.05, 4.69) is 20.4 Å². The predicted molar refractivity (Wildman–Crippen MR) is 132 cm³/mol. The molecule has 11 nitrogen and oxygen atoms in total. The summed E-state index contributed by atoms with van der Waals surface area (Å²) in [5, 5.41) is 7.28. The molecule has 1 fully saturated rings. The summed E-state index contributed by atoms with van der Waals surface area (Å²) in [6.45, 7) is 9.65. The van der Waals surface area contributed by atoms with Crippen LogP contribution >= 0.6 is 0 Å². The lowest BCUT2D eigenvalue weighted by Crippen LogP contribution is -2.51. The molecular formula is C25H31N7O4. The number of piperazine rings is 1. The van der Waals surface area contributed by atoms with Crippen LogP contribution in [0, 0.1) is 27.7 Å². The zero-order valence-corrected chi connectivity index (χ0v) is 21.1. The van der Waals surface area contributed by atoms with E-state index < -0.39 is 5.97 Å². The molecule has 0 bridgehead atoms. The van der Waals surface area contributed by atoms with Gasteiger partial charge < -0.3 is 15.0 Å².